The van der Waals surface area contributed by atoms with Crippen molar-refractivity contribution in [3.63, 3.8) is 0 Å². The summed E-state index contributed by atoms with van der Waals surface area (Å²) in [6, 6.07) is 0. The molecule has 0 radical (unpaired) electrons. The van der Waals surface area contributed by atoms with E-state index in [9.17, 15) is 19.2 Å². The first-order chi connectivity index (χ1) is 17.4. The molecule has 0 saturated heterocycles. The second-order valence-electron chi connectivity index (χ2n) is 7.96. The molecular formula is C29H27NO6. The van der Waals surface area contributed by atoms with Crippen LogP contribution in [0.4, 0.5) is 0 Å². The van der Waals surface area contributed by atoms with Crippen molar-refractivity contribution < 1.29 is 28.7 Å². The molecule has 7 nitrogen and oxygen atoms in total. The smallest absolute Gasteiger partial charge is 0.355 e. The number of Topliss-reactive ketones (excluding diaryl/α,β-unsaturated/α-hetero) is 1. The minimum atomic E-state index is -0.910. The van der Waals surface area contributed by atoms with Gasteiger partial charge in [0.15, 0.2) is 11.5 Å². The SMILES string of the molecule is C=CC/C1=C/C=C\C=C/C=C2/C=CC=C(O2)C(=O)C(=O)N2CC=CC=C2C(=O)OC(C)C/C=C\C1=O. The van der Waals surface area contributed by atoms with E-state index < -0.39 is 23.8 Å². The number of esters is 1. The van der Waals surface area contributed by atoms with Crippen LogP contribution in [-0.4, -0.2) is 41.0 Å². The minimum absolute atomic E-state index is 0.0353. The van der Waals surface area contributed by atoms with E-state index in [0.717, 1.165) is 4.90 Å². The van der Waals surface area contributed by atoms with Crippen molar-refractivity contribution in [1.82, 2.24) is 4.90 Å². The molecule has 1 atom stereocenters. The lowest BCUT2D eigenvalue weighted by Crippen LogP contribution is -2.41. The summed E-state index contributed by atoms with van der Waals surface area (Å²) in [5.74, 6) is -2.52. The van der Waals surface area contributed by atoms with Gasteiger partial charge >= 0.3 is 11.9 Å². The molecule has 0 aromatic heterocycles. The van der Waals surface area contributed by atoms with Gasteiger partial charge in [-0.2, -0.15) is 0 Å². The van der Waals surface area contributed by atoms with E-state index in [1.807, 2.05) is 0 Å². The molecule has 0 N–H and O–H groups in total. The lowest BCUT2D eigenvalue weighted by Gasteiger charge is -2.25. The van der Waals surface area contributed by atoms with Crippen LogP contribution in [0, 0.1) is 0 Å². The summed E-state index contributed by atoms with van der Waals surface area (Å²) >= 11 is 0. The Kier molecular flexibility index (Phi) is 9.28. The van der Waals surface area contributed by atoms with Crippen LogP contribution in [0.3, 0.4) is 0 Å². The fourth-order valence-electron chi connectivity index (χ4n) is 3.37. The summed E-state index contributed by atoms with van der Waals surface area (Å²) in [5, 5.41) is 0. The first-order valence-corrected chi connectivity index (χ1v) is 11.5. The summed E-state index contributed by atoms with van der Waals surface area (Å²) in [4.78, 5) is 52.3. The normalized spacial score (nSPS) is 26.9. The number of ether oxygens (including phenoxy) is 2. The molecule has 36 heavy (non-hydrogen) atoms. The maximum absolute atomic E-state index is 13.0. The summed E-state index contributed by atoms with van der Waals surface area (Å²) in [7, 11) is 0. The maximum Gasteiger partial charge on any atom is 0.355 e. The highest BCUT2D eigenvalue weighted by molar-refractivity contribution is 6.42. The molecule has 7 heteroatoms. The first-order valence-electron chi connectivity index (χ1n) is 11.5. The van der Waals surface area contributed by atoms with Crippen LogP contribution < -0.4 is 0 Å². The van der Waals surface area contributed by atoms with Crippen molar-refractivity contribution in [3.05, 3.63) is 121 Å². The largest absolute Gasteiger partial charge is 0.458 e. The molecule has 1 amide bonds. The van der Waals surface area contributed by atoms with Gasteiger partial charge in [0.2, 0.25) is 0 Å². The van der Waals surface area contributed by atoms with Crippen LogP contribution in [0.5, 0.6) is 0 Å². The highest BCUT2D eigenvalue weighted by Gasteiger charge is 2.33. The van der Waals surface area contributed by atoms with E-state index >= 15 is 0 Å². The fraction of sp³-hybridized carbons (Fsp3) is 0.172. The molecule has 3 aliphatic rings. The number of fused-ring (bicyclic) bond motifs is 3. The zero-order chi connectivity index (χ0) is 25.9. The van der Waals surface area contributed by atoms with E-state index in [2.05, 4.69) is 6.58 Å². The van der Waals surface area contributed by atoms with Gasteiger partial charge in [0.1, 0.15) is 17.6 Å². The number of amides is 1. The molecule has 2 bridgehead atoms. The molecule has 1 unspecified atom stereocenters. The fourth-order valence-corrected chi connectivity index (χ4v) is 3.37. The van der Waals surface area contributed by atoms with E-state index in [4.69, 9.17) is 9.47 Å². The number of allylic oxidation sites excluding steroid dienone is 14. The third-order valence-corrected chi connectivity index (χ3v) is 5.19. The summed E-state index contributed by atoms with van der Waals surface area (Å²) in [5.41, 5.74) is 0.501. The van der Waals surface area contributed by atoms with Crippen molar-refractivity contribution in [2.45, 2.75) is 25.9 Å². The van der Waals surface area contributed by atoms with Gasteiger partial charge in [-0.3, -0.25) is 19.3 Å². The Balaban J connectivity index is 1.92. The highest BCUT2D eigenvalue weighted by Crippen LogP contribution is 2.20. The molecular weight excluding hydrogens is 458 g/mol. The van der Waals surface area contributed by atoms with Gasteiger partial charge in [-0.25, -0.2) is 4.79 Å². The number of carbonyl (C=O) groups is 4. The van der Waals surface area contributed by atoms with Gasteiger partial charge in [0.25, 0.3) is 5.78 Å². The van der Waals surface area contributed by atoms with Crippen LogP contribution in [-0.2, 0) is 28.7 Å². The van der Waals surface area contributed by atoms with Crippen molar-refractivity contribution in [1.29, 1.82) is 0 Å². The molecule has 3 rings (SSSR count). The third-order valence-electron chi connectivity index (χ3n) is 5.19. The monoisotopic (exact) mass is 485 g/mol. The van der Waals surface area contributed by atoms with E-state index in [-0.39, 0.29) is 30.2 Å². The van der Waals surface area contributed by atoms with Crippen LogP contribution in [0.15, 0.2) is 121 Å². The predicted molar refractivity (Wildman–Crippen MR) is 136 cm³/mol. The molecule has 184 valence electrons. The Morgan fingerprint density at radius 3 is 2.50 bits per heavy atom. The number of cyclic esters (lactones) is 1. The van der Waals surface area contributed by atoms with Gasteiger partial charge in [0.05, 0.1) is 0 Å². The van der Waals surface area contributed by atoms with Crippen molar-refractivity contribution >= 4 is 23.4 Å². The second-order valence-corrected chi connectivity index (χ2v) is 7.96. The zero-order valence-electron chi connectivity index (χ0n) is 20.0. The minimum Gasteiger partial charge on any atom is -0.458 e. The predicted octanol–water partition coefficient (Wildman–Crippen LogP) is 4.27. The molecule has 0 fully saturated rings. The van der Waals surface area contributed by atoms with Gasteiger partial charge in [0, 0.05) is 18.5 Å². The maximum atomic E-state index is 13.0. The zero-order valence-corrected chi connectivity index (χ0v) is 20.0. The average molecular weight is 486 g/mol. The van der Waals surface area contributed by atoms with Crippen LogP contribution >= 0.6 is 0 Å². The number of carbonyl (C=O) groups excluding carboxylic acids is 4. The Bertz CT molecular complexity index is 1220. The summed E-state index contributed by atoms with van der Waals surface area (Å²) in [6.45, 7) is 5.41. The molecule has 0 aliphatic carbocycles. The van der Waals surface area contributed by atoms with Crippen molar-refractivity contribution in [2.75, 3.05) is 6.54 Å². The molecule has 0 aromatic rings. The van der Waals surface area contributed by atoms with Crippen LogP contribution in [0.2, 0.25) is 0 Å². The topological polar surface area (TPSA) is 90.0 Å². The third kappa shape index (κ3) is 6.99. The van der Waals surface area contributed by atoms with E-state index in [0.29, 0.717) is 17.8 Å². The number of rotatable bonds is 2. The Labute approximate surface area is 210 Å². The summed E-state index contributed by atoms with van der Waals surface area (Å²) < 4.78 is 11.1. The first kappa shape index (κ1) is 26.1. The van der Waals surface area contributed by atoms with Gasteiger partial charge in [-0.1, -0.05) is 60.8 Å². The molecule has 0 spiro atoms. The average Bonchev–Trinajstić information content (AvgIpc) is 2.88. The molecule has 3 aliphatic heterocycles. The van der Waals surface area contributed by atoms with Crippen LogP contribution in [0.25, 0.3) is 0 Å². The van der Waals surface area contributed by atoms with Crippen molar-refractivity contribution in [3.8, 4) is 0 Å². The quantitative estimate of drug-likeness (QED) is 0.330. The number of hydrogen-bond donors (Lipinski definition) is 0. The summed E-state index contributed by atoms with van der Waals surface area (Å²) in [6.07, 6.45) is 24.4. The van der Waals surface area contributed by atoms with Gasteiger partial charge < -0.3 is 9.47 Å². The van der Waals surface area contributed by atoms with Gasteiger partial charge in [-0.05, 0) is 43.7 Å². The lowest BCUT2D eigenvalue weighted by molar-refractivity contribution is -0.150. The standard InChI is InChI=1S/C29H27NO6/c1-3-12-22-14-6-4-5-7-15-23-16-11-19-26(36-23)27(32)28(33)30-20-9-8-17-24(30)29(34)35-21(2)13-10-18-25(22)31/h3-11,14-19,21H,1,12-13,20H2,2H3/b6-4-,7-5-,18-10-,22-14-,23-15-. The Morgan fingerprint density at radius 1 is 0.944 bits per heavy atom. The van der Waals surface area contributed by atoms with E-state index in [1.54, 1.807) is 79.8 Å². The molecule has 3 heterocycles. The van der Waals surface area contributed by atoms with E-state index in [1.165, 1.54) is 18.2 Å². The molecule has 0 aromatic carbocycles. The van der Waals surface area contributed by atoms with Crippen molar-refractivity contribution in [2.24, 2.45) is 0 Å². The number of ketones is 2. The second kappa shape index (κ2) is 12.8. The number of nitrogens with zero attached hydrogens (tertiary/aromatic N) is 1. The number of hydrogen-bond acceptors (Lipinski definition) is 6. The lowest BCUT2D eigenvalue weighted by atomic mass is 10.1. The van der Waals surface area contributed by atoms with Gasteiger partial charge in [-0.15, -0.1) is 6.58 Å². The Hall–Kier alpha value is -4.52. The Morgan fingerprint density at radius 2 is 1.72 bits per heavy atom. The van der Waals surface area contributed by atoms with Crippen LogP contribution in [0.1, 0.15) is 19.8 Å². The highest BCUT2D eigenvalue weighted by atomic mass is 16.5. The molecule has 0 saturated carbocycles.